The van der Waals surface area contributed by atoms with Crippen LogP contribution in [0.1, 0.15) is 31.9 Å². The quantitative estimate of drug-likeness (QED) is 0.398. The van der Waals surface area contributed by atoms with Gasteiger partial charge >= 0.3 is 0 Å². The third-order valence-corrected chi connectivity index (χ3v) is 5.41. The van der Waals surface area contributed by atoms with Gasteiger partial charge in [0.25, 0.3) is 0 Å². The molecule has 0 amide bonds. The molecule has 8 heteroatoms. The Bertz CT molecular complexity index is 530. The van der Waals surface area contributed by atoms with Crippen molar-refractivity contribution in [2.75, 3.05) is 52.9 Å². The lowest BCUT2D eigenvalue weighted by molar-refractivity contribution is 0.151. The van der Waals surface area contributed by atoms with Gasteiger partial charge in [0.1, 0.15) is 6.26 Å². The zero-order valence-electron chi connectivity index (χ0n) is 16.1. The van der Waals surface area contributed by atoms with Crippen LogP contribution < -0.4 is 5.32 Å². The van der Waals surface area contributed by atoms with Gasteiger partial charge in [0, 0.05) is 58.4 Å². The lowest BCUT2D eigenvalue weighted by Crippen LogP contribution is -2.54. The number of rotatable bonds is 5. The second-order valence-corrected chi connectivity index (χ2v) is 6.96. The minimum atomic E-state index is 0. The van der Waals surface area contributed by atoms with Crippen LogP contribution in [0.15, 0.2) is 21.8 Å². The maximum Gasteiger partial charge on any atom is 0.193 e. The highest BCUT2D eigenvalue weighted by Gasteiger charge is 2.23. The van der Waals surface area contributed by atoms with E-state index >= 15 is 0 Å². The van der Waals surface area contributed by atoms with Crippen molar-refractivity contribution < 1.29 is 4.52 Å². The highest BCUT2D eigenvalue weighted by Crippen LogP contribution is 2.16. The van der Waals surface area contributed by atoms with E-state index in [4.69, 9.17) is 4.52 Å². The number of piperidine rings is 1. The molecule has 0 aromatic carbocycles. The normalized spacial score (nSPS) is 22.9. The molecule has 1 unspecified atom stereocenters. The van der Waals surface area contributed by atoms with Gasteiger partial charge in [0.05, 0.1) is 5.69 Å². The summed E-state index contributed by atoms with van der Waals surface area (Å²) in [4.78, 5) is 11.9. The molecule has 2 aliphatic heterocycles. The SMILES string of the molecule is CCN1CCCCC1CNC(=NC)N1CCN(Cc2ccon2)CC1.I. The lowest BCUT2D eigenvalue weighted by atomic mass is 10.0. The van der Waals surface area contributed by atoms with Gasteiger partial charge in [-0.2, -0.15) is 0 Å². The van der Waals surface area contributed by atoms with Crippen molar-refractivity contribution in [3.05, 3.63) is 18.0 Å². The molecule has 1 N–H and O–H groups in total. The molecule has 7 nitrogen and oxygen atoms in total. The lowest BCUT2D eigenvalue weighted by Gasteiger charge is -2.38. The van der Waals surface area contributed by atoms with Gasteiger partial charge < -0.3 is 14.7 Å². The van der Waals surface area contributed by atoms with Crippen LogP contribution in [0.2, 0.25) is 0 Å². The van der Waals surface area contributed by atoms with E-state index in [2.05, 4.69) is 37.1 Å². The molecule has 1 aromatic rings. The molecular formula is C18H33IN6O. The van der Waals surface area contributed by atoms with Crippen molar-refractivity contribution in [1.82, 2.24) is 25.2 Å². The number of hydrogen-bond donors (Lipinski definition) is 1. The van der Waals surface area contributed by atoms with E-state index in [0.717, 1.165) is 57.5 Å². The summed E-state index contributed by atoms with van der Waals surface area (Å²) in [6, 6.07) is 2.58. The molecule has 1 aromatic heterocycles. The molecule has 0 aliphatic carbocycles. The van der Waals surface area contributed by atoms with Gasteiger partial charge in [0.15, 0.2) is 5.96 Å². The fourth-order valence-corrected chi connectivity index (χ4v) is 3.91. The Morgan fingerprint density at radius 2 is 2.08 bits per heavy atom. The number of nitrogens with zero attached hydrogens (tertiary/aromatic N) is 5. The highest BCUT2D eigenvalue weighted by molar-refractivity contribution is 14.0. The van der Waals surface area contributed by atoms with E-state index < -0.39 is 0 Å². The molecule has 2 fully saturated rings. The van der Waals surface area contributed by atoms with E-state index in [-0.39, 0.29) is 24.0 Å². The third kappa shape index (κ3) is 5.82. The number of piperazine rings is 1. The fourth-order valence-electron chi connectivity index (χ4n) is 3.91. The number of nitrogens with one attached hydrogen (secondary N) is 1. The van der Waals surface area contributed by atoms with Crippen LogP contribution in [0.5, 0.6) is 0 Å². The van der Waals surface area contributed by atoms with E-state index in [1.54, 1.807) is 6.26 Å². The zero-order valence-corrected chi connectivity index (χ0v) is 18.4. The summed E-state index contributed by atoms with van der Waals surface area (Å²) in [5, 5.41) is 7.63. The number of aromatic nitrogens is 1. The molecule has 3 rings (SSSR count). The van der Waals surface area contributed by atoms with Gasteiger partial charge in [-0.3, -0.25) is 14.8 Å². The Morgan fingerprint density at radius 1 is 1.27 bits per heavy atom. The molecule has 148 valence electrons. The Kier molecular flexibility index (Phi) is 9.13. The summed E-state index contributed by atoms with van der Waals surface area (Å²) < 4.78 is 4.92. The van der Waals surface area contributed by atoms with E-state index in [1.807, 2.05) is 13.1 Å². The summed E-state index contributed by atoms with van der Waals surface area (Å²) >= 11 is 0. The number of halogens is 1. The van der Waals surface area contributed by atoms with Crippen molar-refractivity contribution in [3.63, 3.8) is 0 Å². The van der Waals surface area contributed by atoms with Crippen molar-refractivity contribution in [1.29, 1.82) is 0 Å². The molecule has 1 atom stereocenters. The van der Waals surface area contributed by atoms with Gasteiger partial charge in [-0.1, -0.05) is 18.5 Å². The highest BCUT2D eigenvalue weighted by atomic mass is 127. The Labute approximate surface area is 174 Å². The second-order valence-electron chi connectivity index (χ2n) is 6.96. The van der Waals surface area contributed by atoms with Crippen molar-refractivity contribution >= 4 is 29.9 Å². The van der Waals surface area contributed by atoms with Gasteiger partial charge in [-0.15, -0.1) is 24.0 Å². The van der Waals surface area contributed by atoms with E-state index in [9.17, 15) is 0 Å². The standard InChI is InChI=1S/C18H32N6O.HI/c1-3-23-8-5-4-6-17(23)14-20-18(19-2)24-11-9-22(10-12-24)15-16-7-13-25-21-16;/h7,13,17H,3-6,8-12,14-15H2,1-2H3,(H,19,20);1H. The number of likely N-dealkylation sites (N-methyl/N-ethyl adjacent to an activating group) is 1. The molecule has 0 saturated carbocycles. The molecule has 0 radical (unpaired) electrons. The molecule has 0 spiro atoms. The topological polar surface area (TPSA) is 60.1 Å². The van der Waals surface area contributed by atoms with Crippen LogP contribution >= 0.6 is 24.0 Å². The first-order chi connectivity index (χ1) is 12.3. The second kappa shape index (κ2) is 11.1. The van der Waals surface area contributed by atoms with Crippen molar-refractivity contribution in [3.8, 4) is 0 Å². The first-order valence-electron chi connectivity index (χ1n) is 9.61. The summed E-state index contributed by atoms with van der Waals surface area (Å²) in [5.41, 5.74) is 1.01. The van der Waals surface area contributed by atoms with Gasteiger partial charge in [0.2, 0.25) is 0 Å². The summed E-state index contributed by atoms with van der Waals surface area (Å²) in [7, 11) is 1.89. The number of likely N-dealkylation sites (tertiary alicyclic amines) is 1. The van der Waals surface area contributed by atoms with Crippen molar-refractivity contribution in [2.24, 2.45) is 4.99 Å². The fraction of sp³-hybridized carbons (Fsp3) is 0.778. The monoisotopic (exact) mass is 476 g/mol. The maximum absolute atomic E-state index is 4.92. The third-order valence-electron chi connectivity index (χ3n) is 5.41. The molecular weight excluding hydrogens is 443 g/mol. The minimum Gasteiger partial charge on any atom is -0.364 e. The summed E-state index contributed by atoms with van der Waals surface area (Å²) in [6.07, 6.45) is 5.63. The predicted octanol–water partition coefficient (Wildman–Crippen LogP) is 1.86. The van der Waals surface area contributed by atoms with Crippen molar-refractivity contribution in [2.45, 2.75) is 38.8 Å². The number of aliphatic imine (C=N–C) groups is 1. The minimum absolute atomic E-state index is 0. The number of hydrogen-bond acceptors (Lipinski definition) is 5. The van der Waals surface area contributed by atoms with E-state index in [0.29, 0.717) is 6.04 Å². The summed E-state index contributed by atoms with van der Waals surface area (Å²) in [6.45, 7) is 10.6. The molecule has 2 saturated heterocycles. The maximum atomic E-state index is 4.92. The Balaban J connectivity index is 0.00000243. The van der Waals surface area contributed by atoms with Crippen LogP contribution in [0, 0.1) is 0 Å². The first-order valence-corrected chi connectivity index (χ1v) is 9.61. The first kappa shape index (κ1) is 21.4. The largest absolute Gasteiger partial charge is 0.364 e. The average Bonchev–Trinajstić information content (AvgIpc) is 3.17. The van der Waals surface area contributed by atoms with Crippen LogP contribution in [-0.2, 0) is 6.54 Å². The van der Waals surface area contributed by atoms with Crippen LogP contribution in [0.25, 0.3) is 0 Å². The molecule has 2 aliphatic rings. The van der Waals surface area contributed by atoms with E-state index in [1.165, 1.54) is 25.8 Å². The summed E-state index contributed by atoms with van der Waals surface area (Å²) in [5.74, 6) is 1.04. The van der Waals surface area contributed by atoms with Crippen LogP contribution in [-0.4, -0.2) is 84.7 Å². The number of guanidine groups is 1. The molecule has 26 heavy (non-hydrogen) atoms. The van der Waals surface area contributed by atoms with Gasteiger partial charge in [-0.05, 0) is 25.9 Å². The molecule has 0 bridgehead atoms. The average molecular weight is 476 g/mol. The predicted molar refractivity (Wildman–Crippen MR) is 115 cm³/mol. The smallest absolute Gasteiger partial charge is 0.193 e. The zero-order chi connectivity index (χ0) is 17.5. The molecule has 3 heterocycles. The van der Waals surface area contributed by atoms with Crippen LogP contribution in [0.3, 0.4) is 0 Å². The Morgan fingerprint density at radius 3 is 2.73 bits per heavy atom. The Hall–Kier alpha value is -0.870. The van der Waals surface area contributed by atoms with Crippen LogP contribution in [0.4, 0.5) is 0 Å². The van der Waals surface area contributed by atoms with Gasteiger partial charge in [-0.25, -0.2) is 0 Å².